The van der Waals surface area contributed by atoms with E-state index in [0.717, 1.165) is 9.87 Å². The Morgan fingerprint density at radius 1 is 1.18 bits per heavy atom. The molecule has 2 aromatic carbocycles. The van der Waals surface area contributed by atoms with E-state index in [0.29, 0.717) is 22.2 Å². The van der Waals surface area contributed by atoms with Gasteiger partial charge in [0.1, 0.15) is 11.6 Å². The van der Waals surface area contributed by atoms with Crippen molar-refractivity contribution in [3.05, 3.63) is 64.3 Å². The van der Waals surface area contributed by atoms with Gasteiger partial charge in [0.25, 0.3) is 0 Å². The molecule has 0 aliphatic rings. The maximum absolute atomic E-state index is 15.0. The summed E-state index contributed by atoms with van der Waals surface area (Å²) in [5.74, 6) is -1.09. The normalized spacial score (nSPS) is 12.1. The summed E-state index contributed by atoms with van der Waals surface area (Å²) < 4.78 is 57.3. The quantitative estimate of drug-likeness (QED) is 0.441. The lowest BCUT2D eigenvalue weighted by molar-refractivity contribution is 0.521. The number of rotatable bonds is 6. The number of benzene rings is 2. The molecule has 0 saturated carbocycles. The van der Waals surface area contributed by atoms with Crippen LogP contribution in [-0.4, -0.2) is 37.9 Å². The highest BCUT2D eigenvalue weighted by atomic mass is 35.5. The van der Waals surface area contributed by atoms with Gasteiger partial charge in [0.15, 0.2) is 0 Å². The SMILES string of the molecule is Cc1ccc(S(=O)(=O)N(C)C)cc1-c1c(C)n(CC(F)=CCN)c2c(F)cc(Cl)cc12.Cl.Cl. The number of halogens is 5. The standard InChI is InChI=1S/C22H24ClF2N3O2S.2ClH/c1-13-5-6-17(31(29,30)27(3)4)11-18(13)21-14(2)28(12-16(24)7-8-26)22-19(21)9-15(23)10-20(22)25;;/h5-7,9-11H,8,12,26H2,1-4H3;2*1H. The van der Waals surface area contributed by atoms with Gasteiger partial charge in [0.05, 0.1) is 17.0 Å². The Morgan fingerprint density at radius 3 is 2.39 bits per heavy atom. The second kappa shape index (κ2) is 11.2. The molecular formula is C22H26Cl3F2N3O2S. The van der Waals surface area contributed by atoms with Gasteiger partial charge >= 0.3 is 0 Å². The molecule has 11 heteroatoms. The molecule has 1 heterocycles. The molecule has 182 valence electrons. The molecule has 2 N–H and O–H groups in total. The van der Waals surface area contributed by atoms with E-state index in [1.54, 1.807) is 25.1 Å². The van der Waals surface area contributed by atoms with Crippen LogP contribution in [0.3, 0.4) is 0 Å². The molecule has 0 aliphatic heterocycles. The summed E-state index contributed by atoms with van der Waals surface area (Å²) in [4.78, 5) is 0.107. The number of nitrogens with two attached hydrogens (primary N) is 1. The first kappa shape index (κ1) is 29.4. The van der Waals surface area contributed by atoms with E-state index in [4.69, 9.17) is 17.3 Å². The first-order valence-electron chi connectivity index (χ1n) is 9.55. The van der Waals surface area contributed by atoms with Crippen LogP contribution in [0.1, 0.15) is 11.3 Å². The molecule has 0 unspecified atom stereocenters. The third kappa shape index (κ3) is 5.53. The van der Waals surface area contributed by atoms with Crippen molar-refractivity contribution >= 4 is 57.3 Å². The minimum Gasteiger partial charge on any atom is -0.335 e. The average molecular weight is 541 g/mol. The van der Waals surface area contributed by atoms with E-state index in [1.165, 1.54) is 36.9 Å². The molecule has 5 nitrogen and oxygen atoms in total. The lowest BCUT2D eigenvalue weighted by atomic mass is 9.98. The summed E-state index contributed by atoms with van der Waals surface area (Å²) in [7, 11) is -0.779. The summed E-state index contributed by atoms with van der Waals surface area (Å²) in [6, 6.07) is 7.57. The molecule has 1 aromatic heterocycles. The molecule has 0 bridgehead atoms. The van der Waals surface area contributed by atoms with Crippen molar-refractivity contribution in [2.45, 2.75) is 25.3 Å². The molecule has 0 radical (unpaired) electrons. The Bertz CT molecular complexity index is 1310. The maximum Gasteiger partial charge on any atom is 0.242 e. The van der Waals surface area contributed by atoms with Gasteiger partial charge in [0, 0.05) is 42.3 Å². The van der Waals surface area contributed by atoms with Crippen LogP contribution in [0.4, 0.5) is 8.78 Å². The number of hydrogen-bond donors (Lipinski definition) is 1. The monoisotopic (exact) mass is 539 g/mol. The summed E-state index contributed by atoms with van der Waals surface area (Å²) in [6.45, 7) is 3.40. The topological polar surface area (TPSA) is 68.3 Å². The number of allylic oxidation sites excluding steroid dienone is 1. The molecule has 0 aliphatic carbocycles. The molecule has 0 atom stereocenters. The molecule has 3 aromatic rings. The van der Waals surface area contributed by atoms with Gasteiger partial charge in [-0.1, -0.05) is 17.7 Å². The summed E-state index contributed by atoms with van der Waals surface area (Å²) in [5.41, 5.74) is 8.18. The summed E-state index contributed by atoms with van der Waals surface area (Å²) >= 11 is 6.13. The lowest BCUT2D eigenvalue weighted by Crippen LogP contribution is -2.22. The zero-order valence-electron chi connectivity index (χ0n) is 18.5. The van der Waals surface area contributed by atoms with Crippen molar-refractivity contribution in [3.8, 4) is 11.1 Å². The smallest absolute Gasteiger partial charge is 0.242 e. The van der Waals surface area contributed by atoms with Crippen LogP contribution in [0.25, 0.3) is 22.0 Å². The van der Waals surface area contributed by atoms with Gasteiger partial charge in [-0.25, -0.2) is 21.5 Å². The van der Waals surface area contributed by atoms with Crippen LogP contribution < -0.4 is 5.73 Å². The van der Waals surface area contributed by atoms with Crippen molar-refractivity contribution < 1.29 is 17.2 Å². The fourth-order valence-electron chi connectivity index (χ4n) is 3.65. The predicted octanol–water partition coefficient (Wildman–Crippen LogP) is 5.62. The van der Waals surface area contributed by atoms with E-state index in [-0.39, 0.29) is 53.3 Å². The predicted molar refractivity (Wildman–Crippen MR) is 135 cm³/mol. The Balaban J connectivity index is 0.00000272. The van der Waals surface area contributed by atoms with Crippen molar-refractivity contribution in [1.29, 1.82) is 0 Å². The number of aryl methyl sites for hydroxylation is 1. The number of fused-ring (bicyclic) bond motifs is 1. The molecular weight excluding hydrogens is 515 g/mol. The molecule has 0 saturated heterocycles. The van der Waals surface area contributed by atoms with Crippen LogP contribution in [0, 0.1) is 19.7 Å². The molecule has 33 heavy (non-hydrogen) atoms. The van der Waals surface area contributed by atoms with Crippen LogP contribution in [0.15, 0.2) is 47.1 Å². The first-order chi connectivity index (χ1) is 14.5. The third-order valence-corrected chi connectivity index (χ3v) is 7.27. The van der Waals surface area contributed by atoms with Gasteiger partial charge in [0.2, 0.25) is 10.0 Å². The third-order valence-electron chi connectivity index (χ3n) is 5.24. The average Bonchev–Trinajstić information content (AvgIpc) is 2.93. The van der Waals surface area contributed by atoms with Gasteiger partial charge in [-0.3, -0.25) is 0 Å². The molecule has 0 fully saturated rings. The van der Waals surface area contributed by atoms with E-state index >= 15 is 0 Å². The Morgan fingerprint density at radius 2 is 1.82 bits per heavy atom. The van der Waals surface area contributed by atoms with Crippen LogP contribution in [0.2, 0.25) is 5.02 Å². The zero-order valence-corrected chi connectivity index (χ0v) is 21.7. The highest BCUT2D eigenvalue weighted by Crippen LogP contribution is 2.40. The van der Waals surface area contributed by atoms with E-state index in [9.17, 15) is 17.2 Å². The second-order valence-corrected chi connectivity index (χ2v) is 10.1. The van der Waals surface area contributed by atoms with Crippen LogP contribution in [-0.2, 0) is 16.6 Å². The van der Waals surface area contributed by atoms with Gasteiger partial charge < -0.3 is 10.3 Å². The summed E-state index contributed by atoms with van der Waals surface area (Å²) in [5, 5.41) is 0.668. The largest absolute Gasteiger partial charge is 0.335 e. The number of nitrogens with zero attached hydrogens (tertiary/aromatic N) is 2. The first-order valence-corrected chi connectivity index (χ1v) is 11.4. The number of hydrogen-bond acceptors (Lipinski definition) is 3. The van der Waals surface area contributed by atoms with E-state index in [2.05, 4.69) is 0 Å². The van der Waals surface area contributed by atoms with E-state index in [1.807, 2.05) is 6.92 Å². The van der Waals surface area contributed by atoms with Gasteiger partial charge in [-0.2, -0.15) is 0 Å². The van der Waals surface area contributed by atoms with E-state index < -0.39 is 21.7 Å². The molecule has 3 rings (SSSR count). The number of sulfonamides is 1. The second-order valence-electron chi connectivity index (χ2n) is 7.48. The van der Waals surface area contributed by atoms with Crippen molar-refractivity contribution in [1.82, 2.24) is 8.87 Å². The van der Waals surface area contributed by atoms with Gasteiger partial charge in [-0.15, -0.1) is 24.8 Å². The highest BCUT2D eigenvalue weighted by molar-refractivity contribution is 7.89. The van der Waals surface area contributed by atoms with Crippen molar-refractivity contribution in [2.24, 2.45) is 5.73 Å². The Kier molecular flexibility index (Phi) is 9.93. The fraction of sp³-hybridized carbons (Fsp3) is 0.273. The molecule has 0 spiro atoms. The zero-order chi connectivity index (χ0) is 23.1. The number of aromatic nitrogens is 1. The minimum absolute atomic E-state index is 0. The highest BCUT2D eigenvalue weighted by Gasteiger charge is 2.24. The van der Waals surface area contributed by atoms with Gasteiger partial charge in [-0.05, 0) is 55.3 Å². The van der Waals surface area contributed by atoms with Crippen LogP contribution >= 0.6 is 36.4 Å². The lowest BCUT2D eigenvalue weighted by Gasteiger charge is -2.14. The fourth-order valence-corrected chi connectivity index (χ4v) is 4.78. The minimum atomic E-state index is -3.68. The van der Waals surface area contributed by atoms with Crippen LogP contribution in [0.5, 0.6) is 0 Å². The molecule has 0 amide bonds. The van der Waals surface area contributed by atoms with Crippen molar-refractivity contribution in [2.75, 3.05) is 20.6 Å². The Hall–Kier alpha value is -1.68. The summed E-state index contributed by atoms with van der Waals surface area (Å²) in [6.07, 6.45) is 1.23. The Labute approximate surface area is 210 Å². The maximum atomic E-state index is 15.0. The van der Waals surface area contributed by atoms with Crippen molar-refractivity contribution in [3.63, 3.8) is 0 Å².